The number of ether oxygens (including phenoxy) is 2. The number of carbonyl (C=O) groups excluding carboxylic acids is 1. The van der Waals surface area contributed by atoms with Gasteiger partial charge < -0.3 is 23.8 Å². The number of benzene rings is 1. The minimum atomic E-state index is -0.420. The molecular formula is C23H22N4O5. The molecule has 0 fully saturated rings. The lowest BCUT2D eigenvalue weighted by Gasteiger charge is -2.14. The second-order valence-corrected chi connectivity index (χ2v) is 6.91. The average molecular weight is 434 g/mol. The molecule has 32 heavy (non-hydrogen) atoms. The van der Waals surface area contributed by atoms with Crippen LogP contribution in [0.25, 0.3) is 0 Å². The van der Waals surface area contributed by atoms with Crippen LogP contribution in [0.2, 0.25) is 0 Å². The molecule has 0 bridgehead atoms. The van der Waals surface area contributed by atoms with Gasteiger partial charge in [0.2, 0.25) is 0 Å². The number of nitrogens with zero attached hydrogens (tertiary/aromatic N) is 3. The van der Waals surface area contributed by atoms with Gasteiger partial charge in [-0.1, -0.05) is 18.2 Å². The topological polar surface area (TPSA) is 101 Å². The molecule has 9 nitrogen and oxygen atoms in total. The quantitative estimate of drug-likeness (QED) is 0.458. The molecular weight excluding hydrogens is 412 g/mol. The van der Waals surface area contributed by atoms with E-state index in [9.17, 15) is 9.59 Å². The van der Waals surface area contributed by atoms with Crippen molar-refractivity contribution in [1.29, 1.82) is 0 Å². The van der Waals surface area contributed by atoms with Crippen LogP contribution in [0, 0.1) is 0 Å². The first-order chi connectivity index (χ1) is 15.6. The fraction of sp³-hybridized carbons (Fsp3) is 0.174. The molecule has 164 valence electrons. The van der Waals surface area contributed by atoms with Crippen molar-refractivity contribution in [1.82, 2.24) is 14.3 Å². The third-order valence-corrected chi connectivity index (χ3v) is 4.87. The number of furan rings is 1. The highest BCUT2D eigenvalue weighted by molar-refractivity contribution is 6.01. The molecule has 0 aliphatic rings. The molecule has 0 atom stereocenters. The number of methoxy groups -OCH3 is 2. The molecule has 4 rings (SSSR count). The normalized spacial score (nSPS) is 10.7. The maximum atomic E-state index is 12.7. The van der Waals surface area contributed by atoms with E-state index in [1.54, 1.807) is 61.6 Å². The Morgan fingerprint density at radius 2 is 1.91 bits per heavy atom. The highest BCUT2D eigenvalue weighted by Crippen LogP contribution is 2.31. The van der Waals surface area contributed by atoms with Gasteiger partial charge in [0.25, 0.3) is 11.5 Å². The predicted octanol–water partition coefficient (Wildman–Crippen LogP) is 3.00. The van der Waals surface area contributed by atoms with Gasteiger partial charge in [-0.15, -0.1) is 0 Å². The lowest BCUT2D eigenvalue weighted by atomic mass is 10.2. The largest absolute Gasteiger partial charge is 0.493 e. The average Bonchev–Trinajstić information content (AvgIpc) is 3.45. The van der Waals surface area contributed by atoms with E-state index in [0.29, 0.717) is 29.6 Å². The molecule has 1 aromatic carbocycles. The number of nitrogens with one attached hydrogen (secondary N) is 1. The van der Waals surface area contributed by atoms with Gasteiger partial charge in [0.15, 0.2) is 17.3 Å². The summed E-state index contributed by atoms with van der Waals surface area (Å²) in [6.07, 6.45) is 3.26. The van der Waals surface area contributed by atoms with Crippen LogP contribution in [0.1, 0.15) is 21.9 Å². The molecule has 3 aromatic heterocycles. The Labute approximate surface area is 183 Å². The number of carbonyl (C=O) groups is 1. The summed E-state index contributed by atoms with van der Waals surface area (Å²) in [5, 5.41) is 7.11. The Morgan fingerprint density at radius 3 is 2.69 bits per heavy atom. The lowest BCUT2D eigenvalue weighted by molar-refractivity contribution is 0.0993. The van der Waals surface area contributed by atoms with Crippen LogP contribution in [-0.2, 0) is 13.1 Å². The van der Waals surface area contributed by atoms with Crippen molar-refractivity contribution in [3.8, 4) is 11.5 Å². The number of anilines is 1. The Hall–Kier alpha value is -4.27. The van der Waals surface area contributed by atoms with Crippen LogP contribution in [0.15, 0.2) is 76.2 Å². The summed E-state index contributed by atoms with van der Waals surface area (Å²) >= 11 is 0. The first-order valence-corrected chi connectivity index (χ1v) is 9.86. The van der Waals surface area contributed by atoms with Crippen LogP contribution >= 0.6 is 0 Å². The highest BCUT2D eigenvalue weighted by atomic mass is 16.5. The summed E-state index contributed by atoms with van der Waals surface area (Å²) in [7, 11) is 3.15. The fourth-order valence-corrected chi connectivity index (χ4v) is 3.33. The van der Waals surface area contributed by atoms with Gasteiger partial charge in [-0.05, 0) is 24.3 Å². The van der Waals surface area contributed by atoms with Gasteiger partial charge in [-0.25, -0.2) is 4.68 Å². The number of amides is 1. The van der Waals surface area contributed by atoms with E-state index < -0.39 is 5.91 Å². The standard InChI is InChI=1S/C23H22N4O5/c1-30-18-7-5-6-16(22(18)31-2)14-27-20(11-12-24-27)25-23(29)19-10-9-17(32-19)15-26-13-4-3-8-21(26)28/h3-13H,14-15H2,1-2H3,(H,25,29). The molecule has 0 saturated heterocycles. The minimum absolute atomic E-state index is 0.135. The third-order valence-electron chi connectivity index (χ3n) is 4.87. The van der Waals surface area contributed by atoms with Crippen molar-refractivity contribution in [2.45, 2.75) is 13.1 Å². The van der Waals surface area contributed by atoms with Crippen LogP contribution in [0.3, 0.4) is 0 Å². The number of hydrogen-bond donors (Lipinski definition) is 1. The summed E-state index contributed by atoms with van der Waals surface area (Å²) in [5.74, 6) is 1.93. The zero-order valence-corrected chi connectivity index (χ0v) is 17.6. The van der Waals surface area contributed by atoms with E-state index in [0.717, 1.165) is 5.56 Å². The molecule has 9 heteroatoms. The van der Waals surface area contributed by atoms with E-state index >= 15 is 0 Å². The number of hydrogen-bond acceptors (Lipinski definition) is 6. The van der Waals surface area contributed by atoms with E-state index in [4.69, 9.17) is 13.9 Å². The van der Waals surface area contributed by atoms with Crippen LogP contribution < -0.4 is 20.3 Å². The fourth-order valence-electron chi connectivity index (χ4n) is 3.33. The van der Waals surface area contributed by atoms with Gasteiger partial charge in [0.05, 0.1) is 33.5 Å². The van der Waals surface area contributed by atoms with Gasteiger partial charge in [0.1, 0.15) is 11.6 Å². The second kappa shape index (κ2) is 9.25. The molecule has 0 unspecified atom stereocenters. The Balaban J connectivity index is 1.48. The zero-order valence-electron chi connectivity index (χ0n) is 17.6. The van der Waals surface area contributed by atoms with Crippen molar-refractivity contribution in [2.75, 3.05) is 19.5 Å². The molecule has 0 saturated carbocycles. The minimum Gasteiger partial charge on any atom is -0.493 e. The van der Waals surface area contributed by atoms with E-state index in [2.05, 4.69) is 10.4 Å². The predicted molar refractivity (Wildman–Crippen MR) is 117 cm³/mol. The van der Waals surface area contributed by atoms with E-state index in [1.807, 2.05) is 18.2 Å². The Kier molecular flexibility index (Phi) is 6.07. The van der Waals surface area contributed by atoms with Crippen molar-refractivity contribution in [2.24, 2.45) is 0 Å². The van der Waals surface area contributed by atoms with Crippen molar-refractivity contribution < 1.29 is 18.7 Å². The first-order valence-electron chi connectivity index (χ1n) is 9.86. The third kappa shape index (κ3) is 4.41. The highest BCUT2D eigenvalue weighted by Gasteiger charge is 2.16. The summed E-state index contributed by atoms with van der Waals surface area (Å²) in [6, 6.07) is 15.4. The molecule has 0 aliphatic heterocycles. The molecule has 4 aromatic rings. The van der Waals surface area contributed by atoms with Crippen LogP contribution in [-0.4, -0.2) is 34.5 Å². The molecule has 0 spiro atoms. The Morgan fingerprint density at radius 1 is 1.03 bits per heavy atom. The van der Waals surface area contributed by atoms with Crippen LogP contribution in [0.4, 0.5) is 5.82 Å². The smallest absolute Gasteiger partial charge is 0.292 e. The summed E-state index contributed by atoms with van der Waals surface area (Å²) in [4.78, 5) is 24.6. The van der Waals surface area contributed by atoms with E-state index in [-0.39, 0.29) is 17.9 Å². The van der Waals surface area contributed by atoms with Gasteiger partial charge in [0, 0.05) is 23.9 Å². The second-order valence-electron chi connectivity index (χ2n) is 6.91. The first kappa shape index (κ1) is 21.0. The summed E-state index contributed by atoms with van der Waals surface area (Å²) in [5.41, 5.74) is 0.700. The van der Waals surface area contributed by atoms with Gasteiger partial charge >= 0.3 is 0 Å². The van der Waals surface area contributed by atoms with E-state index in [1.165, 1.54) is 10.6 Å². The number of para-hydroxylation sites is 1. The molecule has 1 amide bonds. The molecule has 0 aliphatic carbocycles. The van der Waals surface area contributed by atoms with Crippen molar-refractivity contribution >= 4 is 11.7 Å². The number of aromatic nitrogens is 3. The molecule has 0 radical (unpaired) electrons. The Bertz CT molecular complexity index is 1290. The maximum Gasteiger partial charge on any atom is 0.292 e. The summed E-state index contributed by atoms with van der Waals surface area (Å²) < 4.78 is 19.6. The van der Waals surface area contributed by atoms with Crippen molar-refractivity contribution in [3.63, 3.8) is 0 Å². The maximum absolute atomic E-state index is 12.7. The molecule has 1 N–H and O–H groups in total. The zero-order chi connectivity index (χ0) is 22.5. The number of pyridine rings is 1. The number of rotatable bonds is 8. The molecule has 3 heterocycles. The van der Waals surface area contributed by atoms with Gasteiger partial charge in [-0.2, -0.15) is 5.10 Å². The van der Waals surface area contributed by atoms with Gasteiger partial charge in [-0.3, -0.25) is 9.59 Å². The lowest BCUT2D eigenvalue weighted by Crippen LogP contribution is -2.18. The monoisotopic (exact) mass is 434 g/mol. The van der Waals surface area contributed by atoms with Crippen molar-refractivity contribution in [3.05, 3.63) is 94.4 Å². The SMILES string of the molecule is COc1cccc(Cn2nccc2NC(=O)c2ccc(Cn3ccccc3=O)o2)c1OC. The van der Waals surface area contributed by atoms with Crippen LogP contribution in [0.5, 0.6) is 11.5 Å². The summed E-state index contributed by atoms with van der Waals surface area (Å²) in [6.45, 7) is 0.601.